The van der Waals surface area contributed by atoms with E-state index < -0.39 is 17.7 Å². The lowest BCUT2D eigenvalue weighted by Crippen LogP contribution is -2.30. The number of ether oxygens (including phenoxy) is 3. The monoisotopic (exact) mass is 527 g/mol. The molecule has 1 aromatic heterocycles. The second-order valence-electron chi connectivity index (χ2n) is 9.51. The summed E-state index contributed by atoms with van der Waals surface area (Å²) in [6.45, 7) is 5.71. The lowest BCUT2D eigenvalue weighted by atomic mass is 9.94. The number of aromatic amines is 1. The molecule has 0 radical (unpaired) electrons. The Balaban J connectivity index is 1.71. The summed E-state index contributed by atoms with van der Waals surface area (Å²) in [6, 6.07) is 16.6. The van der Waals surface area contributed by atoms with E-state index >= 15 is 0 Å². The van der Waals surface area contributed by atoms with E-state index in [2.05, 4.69) is 9.97 Å². The fraction of sp³-hybridized carbons (Fsp3) is 0.233. The number of H-pyrrole nitrogens is 1. The third kappa shape index (κ3) is 4.56. The molecule has 0 spiro atoms. The number of aliphatic hydroxyl groups excluding tert-OH is 1. The first-order valence-electron chi connectivity index (χ1n) is 12.5. The number of benzene rings is 3. The van der Waals surface area contributed by atoms with Crippen LogP contribution in [0.2, 0.25) is 0 Å². The fourth-order valence-electron chi connectivity index (χ4n) is 4.78. The average molecular weight is 528 g/mol. The zero-order valence-corrected chi connectivity index (χ0v) is 22.3. The number of para-hydroxylation sites is 2. The highest BCUT2D eigenvalue weighted by Gasteiger charge is 2.48. The second-order valence-corrected chi connectivity index (χ2v) is 9.51. The Morgan fingerprint density at radius 2 is 1.69 bits per heavy atom. The molecule has 39 heavy (non-hydrogen) atoms. The highest BCUT2D eigenvalue weighted by Crippen LogP contribution is 2.44. The Kier molecular flexibility index (Phi) is 6.74. The van der Waals surface area contributed by atoms with E-state index in [9.17, 15) is 14.7 Å². The van der Waals surface area contributed by atoms with Crippen LogP contribution in [0.15, 0.2) is 66.2 Å². The van der Waals surface area contributed by atoms with Crippen LogP contribution in [0.1, 0.15) is 36.6 Å². The third-order valence-corrected chi connectivity index (χ3v) is 6.58. The summed E-state index contributed by atoms with van der Waals surface area (Å²) in [4.78, 5) is 36.1. The molecule has 2 heterocycles. The number of anilines is 1. The standard InChI is InChI=1S/C30H29N3O6/c1-16(2)39-22-12-11-19(14-17(22)3)27(34)25-26(18-10-13-23(37-4)24(15-18)38-5)33(29(36)28(25)35)30-31-20-8-6-7-9-21(20)32-30/h6-16,26,34H,1-5H3,(H,31,32)/b27-25+. The molecule has 1 aliphatic rings. The number of imidazole rings is 1. The minimum absolute atomic E-state index is 0.0256. The molecule has 200 valence electrons. The number of carbonyl (C=O) groups is 2. The molecule has 0 aliphatic carbocycles. The molecular formula is C30H29N3O6. The number of Topliss-reactive ketones (excluding diaryl/α,β-unsaturated/α-hetero) is 1. The van der Waals surface area contributed by atoms with Gasteiger partial charge in [0.05, 0.1) is 43.0 Å². The zero-order valence-electron chi connectivity index (χ0n) is 22.3. The molecule has 1 atom stereocenters. The predicted octanol–water partition coefficient (Wildman–Crippen LogP) is 5.30. The number of amides is 1. The maximum Gasteiger partial charge on any atom is 0.302 e. The van der Waals surface area contributed by atoms with Crippen LogP contribution in [0.25, 0.3) is 16.8 Å². The quantitative estimate of drug-likeness (QED) is 0.190. The van der Waals surface area contributed by atoms with Gasteiger partial charge < -0.3 is 24.3 Å². The first-order chi connectivity index (χ1) is 18.7. The van der Waals surface area contributed by atoms with Gasteiger partial charge in [0.15, 0.2) is 11.5 Å². The minimum Gasteiger partial charge on any atom is -0.507 e. The molecule has 2 N–H and O–H groups in total. The second kappa shape index (κ2) is 10.2. The van der Waals surface area contributed by atoms with Gasteiger partial charge in [-0.05, 0) is 74.4 Å². The third-order valence-electron chi connectivity index (χ3n) is 6.58. The van der Waals surface area contributed by atoms with Crippen LogP contribution >= 0.6 is 0 Å². The van der Waals surface area contributed by atoms with Gasteiger partial charge in [0, 0.05) is 5.56 Å². The molecule has 1 amide bonds. The molecule has 3 aromatic carbocycles. The number of hydrogen-bond donors (Lipinski definition) is 2. The Morgan fingerprint density at radius 1 is 0.974 bits per heavy atom. The molecule has 0 saturated carbocycles. The number of rotatable bonds is 7. The molecule has 0 bridgehead atoms. The number of aryl methyl sites for hydroxylation is 1. The van der Waals surface area contributed by atoms with E-state index in [0.29, 0.717) is 39.4 Å². The Bertz CT molecular complexity index is 1590. The van der Waals surface area contributed by atoms with Gasteiger partial charge in [-0.1, -0.05) is 18.2 Å². The van der Waals surface area contributed by atoms with Gasteiger partial charge in [-0.25, -0.2) is 4.98 Å². The van der Waals surface area contributed by atoms with E-state index in [4.69, 9.17) is 14.2 Å². The van der Waals surface area contributed by atoms with Crippen LogP contribution in [0.3, 0.4) is 0 Å². The van der Waals surface area contributed by atoms with Crippen molar-refractivity contribution in [3.05, 3.63) is 82.9 Å². The van der Waals surface area contributed by atoms with Crippen molar-refractivity contribution in [1.29, 1.82) is 0 Å². The van der Waals surface area contributed by atoms with Gasteiger partial charge in [-0.15, -0.1) is 0 Å². The molecule has 1 saturated heterocycles. The normalized spacial score (nSPS) is 16.8. The minimum atomic E-state index is -0.989. The highest BCUT2D eigenvalue weighted by molar-refractivity contribution is 6.51. The summed E-state index contributed by atoms with van der Waals surface area (Å²) in [6.07, 6.45) is -0.0256. The van der Waals surface area contributed by atoms with E-state index in [1.807, 2.05) is 39.0 Å². The number of nitrogens with zero attached hydrogens (tertiary/aromatic N) is 2. The van der Waals surface area contributed by atoms with Gasteiger partial charge in [-0.3, -0.25) is 14.5 Å². The van der Waals surface area contributed by atoms with E-state index in [1.165, 1.54) is 19.1 Å². The Hall–Kier alpha value is -4.79. The largest absolute Gasteiger partial charge is 0.507 e. The maximum atomic E-state index is 13.5. The number of methoxy groups -OCH3 is 2. The number of aromatic nitrogens is 2. The number of hydrogen-bond acceptors (Lipinski definition) is 7. The average Bonchev–Trinajstić information content (AvgIpc) is 3.47. The Labute approximate surface area is 225 Å². The first kappa shape index (κ1) is 25.8. The van der Waals surface area contributed by atoms with Crippen molar-refractivity contribution in [2.75, 3.05) is 19.1 Å². The molecule has 1 unspecified atom stereocenters. The van der Waals surface area contributed by atoms with Crippen molar-refractivity contribution in [3.63, 3.8) is 0 Å². The smallest absolute Gasteiger partial charge is 0.302 e. The van der Waals surface area contributed by atoms with Gasteiger partial charge in [0.1, 0.15) is 11.5 Å². The number of aliphatic hydroxyl groups is 1. The summed E-state index contributed by atoms with van der Waals surface area (Å²) in [5, 5.41) is 11.5. The van der Waals surface area contributed by atoms with Crippen LogP contribution in [-0.4, -0.2) is 47.1 Å². The zero-order chi connectivity index (χ0) is 27.8. The topological polar surface area (TPSA) is 114 Å². The van der Waals surface area contributed by atoms with Gasteiger partial charge in [0.25, 0.3) is 5.78 Å². The first-order valence-corrected chi connectivity index (χ1v) is 12.5. The molecule has 9 heteroatoms. The predicted molar refractivity (Wildman–Crippen MR) is 147 cm³/mol. The molecule has 5 rings (SSSR count). The van der Waals surface area contributed by atoms with Gasteiger partial charge in [-0.2, -0.15) is 0 Å². The van der Waals surface area contributed by atoms with Crippen LogP contribution in [0, 0.1) is 6.92 Å². The summed E-state index contributed by atoms with van der Waals surface area (Å²) in [5.74, 6) is -0.185. The van der Waals surface area contributed by atoms with E-state index in [-0.39, 0.29) is 23.4 Å². The van der Waals surface area contributed by atoms with Crippen LogP contribution in [0.5, 0.6) is 17.2 Å². The molecule has 4 aromatic rings. The lowest BCUT2D eigenvalue weighted by Gasteiger charge is -2.24. The lowest BCUT2D eigenvalue weighted by molar-refractivity contribution is -0.132. The van der Waals surface area contributed by atoms with Crippen LogP contribution in [-0.2, 0) is 9.59 Å². The summed E-state index contributed by atoms with van der Waals surface area (Å²) in [5.41, 5.74) is 2.97. The molecule has 1 aliphatic heterocycles. The number of carbonyl (C=O) groups excluding carboxylic acids is 2. The molecular weight excluding hydrogens is 498 g/mol. The fourth-order valence-corrected chi connectivity index (χ4v) is 4.78. The Morgan fingerprint density at radius 3 is 2.36 bits per heavy atom. The van der Waals surface area contributed by atoms with Crippen molar-refractivity contribution in [3.8, 4) is 17.2 Å². The van der Waals surface area contributed by atoms with Crippen molar-refractivity contribution in [2.24, 2.45) is 0 Å². The van der Waals surface area contributed by atoms with Crippen molar-refractivity contribution in [1.82, 2.24) is 9.97 Å². The number of nitrogens with one attached hydrogen (secondary N) is 1. The summed E-state index contributed by atoms with van der Waals surface area (Å²) < 4.78 is 16.7. The highest BCUT2D eigenvalue weighted by atomic mass is 16.5. The van der Waals surface area contributed by atoms with E-state index in [0.717, 1.165) is 5.56 Å². The SMILES string of the molecule is COc1ccc(C2/C(=C(\O)c3ccc(OC(C)C)c(C)c3)C(=O)C(=O)N2c2nc3ccccc3[nH]2)cc1OC. The number of ketones is 1. The molecule has 9 nitrogen and oxygen atoms in total. The van der Waals surface area contributed by atoms with Crippen molar-refractivity contribution >= 4 is 34.4 Å². The van der Waals surface area contributed by atoms with Crippen molar-refractivity contribution < 1.29 is 28.9 Å². The van der Waals surface area contributed by atoms with Crippen LogP contribution in [0.4, 0.5) is 5.95 Å². The van der Waals surface area contributed by atoms with E-state index in [1.54, 1.807) is 42.5 Å². The van der Waals surface area contributed by atoms with Crippen LogP contribution < -0.4 is 19.1 Å². The van der Waals surface area contributed by atoms with Crippen molar-refractivity contribution in [2.45, 2.75) is 32.9 Å². The number of fused-ring (bicyclic) bond motifs is 1. The van der Waals surface area contributed by atoms with Gasteiger partial charge >= 0.3 is 5.91 Å². The summed E-state index contributed by atoms with van der Waals surface area (Å²) >= 11 is 0. The maximum absolute atomic E-state index is 13.5. The molecule has 1 fully saturated rings. The van der Waals surface area contributed by atoms with Gasteiger partial charge in [0.2, 0.25) is 5.95 Å². The summed E-state index contributed by atoms with van der Waals surface area (Å²) in [7, 11) is 3.02.